The van der Waals surface area contributed by atoms with E-state index in [2.05, 4.69) is 13.8 Å². The van der Waals surface area contributed by atoms with Gasteiger partial charge in [-0.25, -0.2) is 0 Å². The minimum Gasteiger partial charge on any atom is -0.493 e. The van der Waals surface area contributed by atoms with E-state index in [1.165, 1.54) is 0 Å². The van der Waals surface area contributed by atoms with Gasteiger partial charge in [-0.15, -0.1) is 0 Å². The SMILES string of the molecule is COc1cc(C=O)cc2c1OC(C)(C)C1CCCOC21. The number of carbonyl (C=O) groups is 1. The average molecular weight is 276 g/mol. The highest BCUT2D eigenvalue weighted by atomic mass is 16.5. The molecule has 0 aromatic heterocycles. The maximum Gasteiger partial charge on any atom is 0.167 e. The fraction of sp³-hybridized carbons (Fsp3) is 0.562. The lowest BCUT2D eigenvalue weighted by atomic mass is 9.76. The van der Waals surface area contributed by atoms with E-state index in [9.17, 15) is 4.79 Å². The minimum absolute atomic E-state index is 0.0173. The van der Waals surface area contributed by atoms with Crippen molar-refractivity contribution in [3.8, 4) is 11.5 Å². The molecule has 2 aliphatic rings. The third-order valence-corrected chi connectivity index (χ3v) is 4.35. The highest BCUT2D eigenvalue weighted by Gasteiger charge is 2.46. The molecule has 2 aliphatic heterocycles. The molecule has 108 valence electrons. The van der Waals surface area contributed by atoms with Gasteiger partial charge < -0.3 is 14.2 Å². The predicted octanol–water partition coefficient (Wildman–Crippen LogP) is 3.15. The first-order valence-corrected chi connectivity index (χ1v) is 7.04. The molecule has 0 bridgehead atoms. The summed E-state index contributed by atoms with van der Waals surface area (Å²) in [6, 6.07) is 3.58. The molecule has 4 nitrogen and oxygen atoms in total. The first-order valence-electron chi connectivity index (χ1n) is 7.04. The molecule has 2 atom stereocenters. The molecule has 0 aliphatic carbocycles. The summed E-state index contributed by atoms with van der Waals surface area (Å²) >= 11 is 0. The van der Waals surface area contributed by atoms with E-state index in [0.717, 1.165) is 31.3 Å². The van der Waals surface area contributed by atoms with Crippen LogP contribution in [0.5, 0.6) is 11.5 Å². The van der Waals surface area contributed by atoms with Crippen molar-refractivity contribution in [1.29, 1.82) is 0 Å². The molecule has 1 aromatic carbocycles. The number of methoxy groups -OCH3 is 1. The molecule has 3 rings (SSSR count). The Labute approximate surface area is 119 Å². The standard InChI is InChI=1S/C16H20O4/c1-16(2)12-5-4-6-19-14(12)11-7-10(9-17)8-13(18-3)15(11)20-16/h7-9,12,14H,4-6H2,1-3H3. The van der Waals surface area contributed by atoms with Crippen molar-refractivity contribution in [3.63, 3.8) is 0 Å². The molecular formula is C16H20O4. The Balaban J connectivity index is 2.16. The third-order valence-electron chi connectivity index (χ3n) is 4.35. The Kier molecular flexibility index (Phi) is 3.21. The van der Waals surface area contributed by atoms with Gasteiger partial charge in [-0.3, -0.25) is 4.79 Å². The predicted molar refractivity (Wildman–Crippen MR) is 74.5 cm³/mol. The van der Waals surface area contributed by atoms with Gasteiger partial charge in [-0.05, 0) is 38.8 Å². The van der Waals surface area contributed by atoms with Gasteiger partial charge in [-0.1, -0.05) is 0 Å². The molecule has 1 saturated heterocycles. The quantitative estimate of drug-likeness (QED) is 0.778. The topological polar surface area (TPSA) is 44.8 Å². The monoisotopic (exact) mass is 276 g/mol. The number of hydrogen-bond donors (Lipinski definition) is 0. The lowest BCUT2D eigenvalue weighted by molar-refractivity contribution is -0.117. The Morgan fingerprint density at radius 3 is 2.90 bits per heavy atom. The van der Waals surface area contributed by atoms with Crippen molar-refractivity contribution < 1.29 is 19.0 Å². The highest BCUT2D eigenvalue weighted by Crippen LogP contribution is 2.52. The van der Waals surface area contributed by atoms with Crippen LogP contribution in [0.1, 0.15) is 48.7 Å². The first kappa shape index (κ1) is 13.4. The summed E-state index contributed by atoms with van der Waals surface area (Å²) in [5.74, 6) is 1.62. The van der Waals surface area contributed by atoms with Crippen molar-refractivity contribution in [2.75, 3.05) is 13.7 Å². The summed E-state index contributed by atoms with van der Waals surface area (Å²) in [5.41, 5.74) is 1.24. The molecule has 2 unspecified atom stereocenters. The lowest BCUT2D eigenvalue weighted by Crippen LogP contribution is -2.47. The van der Waals surface area contributed by atoms with E-state index in [1.807, 2.05) is 6.07 Å². The zero-order chi connectivity index (χ0) is 14.3. The van der Waals surface area contributed by atoms with E-state index in [1.54, 1.807) is 13.2 Å². The third kappa shape index (κ3) is 1.99. The van der Waals surface area contributed by atoms with E-state index in [4.69, 9.17) is 14.2 Å². The van der Waals surface area contributed by atoms with Gasteiger partial charge in [0.25, 0.3) is 0 Å². The molecule has 0 spiro atoms. The molecule has 1 fully saturated rings. The summed E-state index contributed by atoms with van der Waals surface area (Å²) in [5, 5.41) is 0. The Morgan fingerprint density at radius 2 is 2.20 bits per heavy atom. The fourth-order valence-corrected chi connectivity index (χ4v) is 3.32. The van der Waals surface area contributed by atoms with Gasteiger partial charge >= 0.3 is 0 Å². The van der Waals surface area contributed by atoms with Crippen molar-refractivity contribution in [1.82, 2.24) is 0 Å². The van der Waals surface area contributed by atoms with Gasteiger partial charge in [0, 0.05) is 23.7 Å². The van der Waals surface area contributed by atoms with Crippen LogP contribution in [-0.4, -0.2) is 25.6 Å². The molecule has 0 saturated carbocycles. The van der Waals surface area contributed by atoms with Crippen LogP contribution in [0.3, 0.4) is 0 Å². The van der Waals surface area contributed by atoms with Crippen LogP contribution in [0.15, 0.2) is 12.1 Å². The van der Waals surface area contributed by atoms with Crippen LogP contribution in [0.2, 0.25) is 0 Å². The minimum atomic E-state index is -0.298. The zero-order valence-corrected chi connectivity index (χ0v) is 12.1. The normalized spacial score (nSPS) is 26.9. The second-order valence-corrected chi connectivity index (χ2v) is 6.00. The van der Waals surface area contributed by atoms with Gasteiger partial charge in [0.15, 0.2) is 11.5 Å². The number of benzene rings is 1. The molecule has 0 N–H and O–H groups in total. The van der Waals surface area contributed by atoms with Crippen LogP contribution in [0.25, 0.3) is 0 Å². The molecule has 0 radical (unpaired) electrons. The maximum atomic E-state index is 11.1. The summed E-state index contributed by atoms with van der Waals surface area (Å²) in [6.07, 6.45) is 2.94. The van der Waals surface area contributed by atoms with Crippen LogP contribution in [0.4, 0.5) is 0 Å². The van der Waals surface area contributed by atoms with E-state index in [0.29, 0.717) is 23.0 Å². The Hall–Kier alpha value is -1.55. The molecular weight excluding hydrogens is 256 g/mol. The maximum absolute atomic E-state index is 11.1. The highest BCUT2D eigenvalue weighted by molar-refractivity contribution is 5.77. The van der Waals surface area contributed by atoms with Crippen molar-refractivity contribution in [2.45, 2.75) is 38.4 Å². The Bertz CT molecular complexity index is 536. The van der Waals surface area contributed by atoms with Crippen LogP contribution in [-0.2, 0) is 4.74 Å². The number of ether oxygens (including phenoxy) is 3. The van der Waals surface area contributed by atoms with Gasteiger partial charge in [0.05, 0.1) is 13.2 Å². The fourth-order valence-electron chi connectivity index (χ4n) is 3.32. The number of rotatable bonds is 2. The van der Waals surface area contributed by atoms with Crippen LogP contribution in [0, 0.1) is 5.92 Å². The average Bonchev–Trinajstić information content (AvgIpc) is 2.46. The lowest BCUT2D eigenvalue weighted by Gasteiger charge is -2.47. The first-order chi connectivity index (χ1) is 9.56. The van der Waals surface area contributed by atoms with E-state index < -0.39 is 0 Å². The zero-order valence-electron chi connectivity index (χ0n) is 12.1. The van der Waals surface area contributed by atoms with Gasteiger partial charge in [0.1, 0.15) is 11.9 Å². The van der Waals surface area contributed by atoms with Crippen molar-refractivity contribution in [2.24, 2.45) is 5.92 Å². The molecule has 4 heteroatoms. The summed E-state index contributed by atoms with van der Waals surface area (Å²) < 4.78 is 17.6. The van der Waals surface area contributed by atoms with E-state index >= 15 is 0 Å². The number of aldehydes is 1. The number of hydrogen-bond acceptors (Lipinski definition) is 4. The smallest absolute Gasteiger partial charge is 0.167 e. The summed E-state index contributed by atoms with van der Waals surface area (Å²) in [7, 11) is 1.59. The second-order valence-electron chi connectivity index (χ2n) is 6.00. The molecule has 2 heterocycles. The molecule has 1 aromatic rings. The van der Waals surface area contributed by atoms with Crippen molar-refractivity contribution in [3.05, 3.63) is 23.3 Å². The summed E-state index contributed by atoms with van der Waals surface area (Å²) in [6.45, 7) is 4.94. The second kappa shape index (κ2) is 4.77. The largest absolute Gasteiger partial charge is 0.493 e. The van der Waals surface area contributed by atoms with E-state index in [-0.39, 0.29) is 11.7 Å². The number of carbonyl (C=O) groups excluding carboxylic acids is 1. The van der Waals surface area contributed by atoms with Gasteiger partial charge in [-0.2, -0.15) is 0 Å². The summed E-state index contributed by atoms with van der Waals surface area (Å²) in [4.78, 5) is 11.1. The van der Waals surface area contributed by atoms with Crippen LogP contribution >= 0.6 is 0 Å². The molecule has 20 heavy (non-hydrogen) atoms. The molecule has 0 amide bonds. The van der Waals surface area contributed by atoms with Crippen LogP contribution < -0.4 is 9.47 Å². The Morgan fingerprint density at radius 1 is 1.40 bits per heavy atom. The van der Waals surface area contributed by atoms with Crippen molar-refractivity contribution >= 4 is 6.29 Å². The number of fused-ring (bicyclic) bond motifs is 3. The van der Waals surface area contributed by atoms with Gasteiger partial charge in [0.2, 0.25) is 0 Å².